The van der Waals surface area contributed by atoms with Crippen molar-refractivity contribution in [2.45, 2.75) is 31.8 Å². The van der Waals surface area contributed by atoms with Crippen LogP contribution in [0.4, 0.5) is 8.78 Å². The zero-order valence-corrected chi connectivity index (χ0v) is 12.8. The van der Waals surface area contributed by atoms with Gasteiger partial charge in [-0.1, -0.05) is 6.07 Å². The molecule has 3 nitrogen and oxygen atoms in total. The molecule has 2 fully saturated rings. The second-order valence-corrected chi connectivity index (χ2v) is 6.59. The van der Waals surface area contributed by atoms with Crippen LogP contribution in [-0.4, -0.2) is 53.7 Å². The quantitative estimate of drug-likeness (QED) is 0.873. The molecule has 22 heavy (non-hydrogen) atoms. The normalized spacial score (nSPS) is 23.9. The number of hydrogen-bond acceptors (Lipinski definition) is 3. The smallest absolute Gasteiger partial charge is 0.159 e. The van der Waals surface area contributed by atoms with Crippen LogP contribution in [0.3, 0.4) is 0 Å². The molecule has 0 amide bonds. The van der Waals surface area contributed by atoms with Crippen molar-refractivity contribution in [3.8, 4) is 0 Å². The third-order valence-electron chi connectivity index (χ3n) is 4.73. The molecule has 1 saturated carbocycles. The van der Waals surface area contributed by atoms with E-state index >= 15 is 0 Å². The van der Waals surface area contributed by atoms with Crippen molar-refractivity contribution in [1.29, 1.82) is 0 Å². The summed E-state index contributed by atoms with van der Waals surface area (Å²) in [6, 6.07) is 4.40. The molecular formula is C17H24F2N2O. The van der Waals surface area contributed by atoms with Crippen molar-refractivity contribution in [3.05, 3.63) is 35.4 Å². The van der Waals surface area contributed by atoms with Gasteiger partial charge in [-0.2, -0.15) is 0 Å². The Balaban J connectivity index is 1.61. The summed E-state index contributed by atoms with van der Waals surface area (Å²) in [7, 11) is 0. The van der Waals surface area contributed by atoms with Gasteiger partial charge in [0.05, 0.1) is 0 Å². The van der Waals surface area contributed by atoms with Crippen molar-refractivity contribution >= 4 is 0 Å². The summed E-state index contributed by atoms with van der Waals surface area (Å²) in [6.07, 6.45) is 3.42. The number of rotatable bonds is 6. The molecule has 1 aliphatic carbocycles. The molecule has 1 atom stereocenters. The first-order valence-corrected chi connectivity index (χ1v) is 8.17. The van der Waals surface area contributed by atoms with E-state index < -0.39 is 11.6 Å². The Morgan fingerprint density at radius 3 is 2.64 bits per heavy atom. The maximum atomic E-state index is 13.3. The molecule has 1 saturated heterocycles. The van der Waals surface area contributed by atoms with Gasteiger partial charge in [0.25, 0.3) is 0 Å². The number of piperazine rings is 1. The molecule has 1 aromatic carbocycles. The number of nitrogens with zero attached hydrogens (tertiary/aromatic N) is 2. The highest BCUT2D eigenvalue weighted by molar-refractivity contribution is 5.18. The molecule has 5 heteroatoms. The lowest BCUT2D eigenvalue weighted by Gasteiger charge is -2.41. The molecular weight excluding hydrogens is 286 g/mol. The van der Waals surface area contributed by atoms with Crippen LogP contribution in [0.2, 0.25) is 0 Å². The first-order chi connectivity index (χ1) is 10.7. The summed E-state index contributed by atoms with van der Waals surface area (Å²) < 4.78 is 26.4. The van der Waals surface area contributed by atoms with Gasteiger partial charge in [-0.05, 0) is 42.9 Å². The maximum absolute atomic E-state index is 13.3. The van der Waals surface area contributed by atoms with E-state index in [1.807, 2.05) is 0 Å². The fourth-order valence-electron chi connectivity index (χ4n) is 3.29. The Morgan fingerprint density at radius 2 is 1.95 bits per heavy atom. The fraction of sp³-hybridized carbons (Fsp3) is 0.647. The van der Waals surface area contributed by atoms with Gasteiger partial charge in [0.2, 0.25) is 0 Å². The van der Waals surface area contributed by atoms with E-state index in [9.17, 15) is 13.9 Å². The zero-order chi connectivity index (χ0) is 15.5. The zero-order valence-electron chi connectivity index (χ0n) is 12.8. The molecule has 0 aromatic heterocycles. The van der Waals surface area contributed by atoms with E-state index in [0.29, 0.717) is 6.54 Å². The number of halogens is 2. The highest BCUT2D eigenvalue weighted by Crippen LogP contribution is 2.30. The summed E-state index contributed by atoms with van der Waals surface area (Å²) >= 11 is 0. The van der Waals surface area contributed by atoms with Gasteiger partial charge in [0.15, 0.2) is 11.6 Å². The Labute approximate surface area is 130 Å². The van der Waals surface area contributed by atoms with Gasteiger partial charge >= 0.3 is 0 Å². The molecule has 1 aliphatic heterocycles. The third-order valence-corrected chi connectivity index (χ3v) is 4.73. The largest absolute Gasteiger partial charge is 0.396 e. The number of aliphatic hydroxyl groups excluding tert-OH is 1. The first-order valence-electron chi connectivity index (χ1n) is 8.17. The second kappa shape index (κ2) is 7.02. The van der Waals surface area contributed by atoms with Gasteiger partial charge in [-0.3, -0.25) is 4.90 Å². The molecule has 122 valence electrons. The standard InChI is InChI=1S/C17H24F2N2O/c18-16-4-3-14(9-17(16)19)11-21-7-6-20(10-13-1-2-13)12-15(21)5-8-22/h3-4,9,13,15,22H,1-2,5-8,10-12H2/t15-/m1/s1. The van der Waals surface area contributed by atoms with Gasteiger partial charge < -0.3 is 10.0 Å². The molecule has 1 N–H and O–H groups in total. The topological polar surface area (TPSA) is 26.7 Å². The van der Waals surface area contributed by atoms with Gasteiger partial charge in [-0.15, -0.1) is 0 Å². The van der Waals surface area contributed by atoms with E-state index in [1.165, 1.54) is 31.5 Å². The van der Waals surface area contributed by atoms with Crippen molar-refractivity contribution in [2.75, 3.05) is 32.8 Å². The van der Waals surface area contributed by atoms with Crippen LogP contribution in [0.5, 0.6) is 0 Å². The number of aliphatic hydroxyl groups is 1. The Morgan fingerprint density at radius 1 is 1.14 bits per heavy atom. The van der Waals surface area contributed by atoms with Crippen LogP contribution >= 0.6 is 0 Å². The minimum absolute atomic E-state index is 0.163. The molecule has 0 bridgehead atoms. The highest BCUT2D eigenvalue weighted by Gasteiger charge is 2.30. The Hall–Kier alpha value is -1.04. The van der Waals surface area contributed by atoms with E-state index in [2.05, 4.69) is 9.80 Å². The predicted molar refractivity (Wildman–Crippen MR) is 81.4 cm³/mol. The Bertz CT molecular complexity index is 507. The first kappa shape index (κ1) is 15.8. The van der Waals surface area contributed by atoms with E-state index in [-0.39, 0.29) is 12.6 Å². The second-order valence-electron chi connectivity index (χ2n) is 6.59. The van der Waals surface area contributed by atoms with Crippen LogP contribution in [0, 0.1) is 17.6 Å². The molecule has 0 unspecified atom stereocenters. The van der Waals surface area contributed by atoms with Gasteiger partial charge in [0.1, 0.15) is 0 Å². The van der Waals surface area contributed by atoms with Gasteiger partial charge in [-0.25, -0.2) is 8.78 Å². The van der Waals surface area contributed by atoms with E-state index in [1.54, 1.807) is 6.07 Å². The van der Waals surface area contributed by atoms with Crippen molar-refractivity contribution in [3.63, 3.8) is 0 Å². The average molecular weight is 310 g/mol. The van der Waals surface area contributed by atoms with Crippen LogP contribution in [-0.2, 0) is 6.54 Å². The van der Waals surface area contributed by atoms with Crippen LogP contribution in [0.25, 0.3) is 0 Å². The van der Waals surface area contributed by atoms with Crippen molar-refractivity contribution in [1.82, 2.24) is 9.80 Å². The number of hydrogen-bond donors (Lipinski definition) is 1. The van der Waals surface area contributed by atoms with Crippen LogP contribution in [0.15, 0.2) is 18.2 Å². The monoisotopic (exact) mass is 310 g/mol. The summed E-state index contributed by atoms with van der Waals surface area (Å²) in [5, 5.41) is 9.31. The Kier molecular flexibility index (Phi) is 5.06. The highest BCUT2D eigenvalue weighted by atomic mass is 19.2. The predicted octanol–water partition coefficient (Wildman–Crippen LogP) is 2.24. The molecule has 0 spiro atoms. The maximum Gasteiger partial charge on any atom is 0.159 e. The molecule has 2 aliphatic rings. The summed E-state index contributed by atoms with van der Waals surface area (Å²) in [6.45, 7) is 4.83. The van der Waals surface area contributed by atoms with E-state index in [0.717, 1.165) is 37.5 Å². The SMILES string of the molecule is OCC[C@@H]1CN(CC2CC2)CCN1Cc1ccc(F)c(F)c1. The lowest BCUT2D eigenvalue weighted by atomic mass is 10.1. The molecule has 0 radical (unpaired) electrons. The van der Waals surface area contributed by atoms with Gasteiger partial charge in [0, 0.05) is 45.4 Å². The fourth-order valence-corrected chi connectivity index (χ4v) is 3.29. The molecule has 3 rings (SSSR count). The lowest BCUT2D eigenvalue weighted by molar-refractivity contribution is 0.0515. The van der Waals surface area contributed by atoms with E-state index in [4.69, 9.17) is 0 Å². The third kappa shape index (κ3) is 4.03. The van der Waals surface area contributed by atoms with Crippen LogP contribution in [0.1, 0.15) is 24.8 Å². The summed E-state index contributed by atoms with van der Waals surface area (Å²) in [5.74, 6) is -0.721. The minimum atomic E-state index is -0.801. The number of benzene rings is 1. The minimum Gasteiger partial charge on any atom is -0.396 e. The van der Waals surface area contributed by atoms with Crippen molar-refractivity contribution < 1.29 is 13.9 Å². The van der Waals surface area contributed by atoms with Crippen molar-refractivity contribution in [2.24, 2.45) is 5.92 Å². The lowest BCUT2D eigenvalue weighted by Crippen LogP contribution is -2.53. The summed E-state index contributed by atoms with van der Waals surface area (Å²) in [4.78, 5) is 4.77. The summed E-state index contributed by atoms with van der Waals surface area (Å²) in [5.41, 5.74) is 0.789. The van der Waals surface area contributed by atoms with Crippen LogP contribution < -0.4 is 0 Å². The average Bonchev–Trinajstić information content (AvgIpc) is 3.30. The molecule has 1 aromatic rings. The molecule has 1 heterocycles.